The van der Waals surface area contributed by atoms with E-state index in [9.17, 15) is 16.8 Å². The summed E-state index contributed by atoms with van der Waals surface area (Å²) in [7, 11) is -6.09. The molecular weight excluding hydrogens is 448 g/mol. The van der Waals surface area contributed by atoms with E-state index < -0.39 is 20.0 Å². The van der Waals surface area contributed by atoms with Gasteiger partial charge < -0.3 is 10.6 Å². The van der Waals surface area contributed by atoms with Crippen molar-refractivity contribution in [2.45, 2.75) is 128 Å². The van der Waals surface area contributed by atoms with Crippen molar-refractivity contribution >= 4 is 20.0 Å². The highest BCUT2D eigenvalue weighted by Crippen LogP contribution is 2.22. The molecule has 2 aliphatic carbocycles. The topological polar surface area (TPSA) is 116 Å². The first-order valence-corrected chi connectivity index (χ1v) is 15.6. The van der Waals surface area contributed by atoms with Crippen LogP contribution in [0.4, 0.5) is 0 Å². The predicted molar refractivity (Wildman–Crippen MR) is 134 cm³/mol. The van der Waals surface area contributed by atoms with Crippen molar-refractivity contribution in [2.24, 2.45) is 0 Å². The fourth-order valence-electron chi connectivity index (χ4n) is 4.54. The average molecular weight is 497 g/mol. The van der Waals surface area contributed by atoms with Crippen molar-refractivity contribution in [2.75, 3.05) is 12.5 Å². The van der Waals surface area contributed by atoms with E-state index in [2.05, 4.69) is 61.6 Å². The maximum Gasteiger partial charge on any atom is 0.208 e. The van der Waals surface area contributed by atoms with Crippen LogP contribution in [0.1, 0.15) is 92.9 Å². The van der Waals surface area contributed by atoms with Crippen molar-refractivity contribution in [1.82, 2.24) is 20.1 Å². The van der Waals surface area contributed by atoms with Gasteiger partial charge in [0.2, 0.25) is 20.0 Å². The highest BCUT2D eigenvalue weighted by atomic mass is 32.2. The molecule has 0 aromatic carbocycles. The van der Waals surface area contributed by atoms with Crippen LogP contribution >= 0.6 is 0 Å². The van der Waals surface area contributed by atoms with E-state index in [1.807, 2.05) is 0 Å². The summed E-state index contributed by atoms with van der Waals surface area (Å²) in [6.45, 7) is 13.0. The second-order valence-corrected chi connectivity index (χ2v) is 15.2. The molecular formula is C22H48N4O4S2. The molecule has 0 unspecified atom stereocenters. The van der Waals surface area contributed by atoms with E-state index in [-0.39, 0.29) is 23.2 Å². The van der Waals surface area contributed by atoms with Crippen LogP contribution in [0, 0.1) is 0 Å². The summed E-state index contributed by atoms with van der Waals surface area (Å²) in [5, 5.41) is 7.13. The molecule has 0 heterocycles. The van der Waals surface area contributed by atoms with Crippen molar-refractivity contribution in [3.8, 4) is 0 Å². The fraction of sp³-hybridized carbons (Fsp3) is 1.00. The Morgan fingerprint density at radius 2 is 0.719 bits per heavy atom. The fourth-order valence-corrected chi connectivity index (χ4v) is 6.22. The quantitative estimate of drug-likeness (QED) is 0.449. The van der Waals surface area contributed by atoms with E-state index in [1.54, 1.807) is 0 Å². The minimum Gasteiger partial charge on any atom is -0.309 e. The first-order chi connectivity index (χ1) is 14.3. The molecule has 10 heteroatoms. The summed E-state index contributed by atoms with van der Waals surface area (Å²) in [5.41, 5.74) is 0.281. The minimum absolute atomic E-state index is 0.132. The summed E-state index contributed by atoms with van der Waals surface area (Å²) in [6, 6.07) is 1.32. The molecule has 0 radical (unpaired) electrons. The zero-order valence-electron chi connectivity index (χ0n) is 21.4. The second kappa shape index (κ2) is 11.9. The van der Waals surface area contributed by atoms with Crippen LogP contribution in [-0.2, 0) is 20.0 Å². The second-order valence-electron chi connectivity index (χ2n) is 11.7. The van der Waals surface area contributed by atoms with Gasteiger partial charge in [0.15, 0.2) is 0 Å². The van der Waals surface area contributed by atoms with Gasteiger partial charge in [-0.15, -0.1) is 0 Å². The molecule has 0 aromatic heterocycles. The van der Waals surface area contributed by atoms with Gasteiger partial charge in [-0.1, -0.05) is 0 Å². The summed E-state index contributed by atoms with van der Waals surface area (Å²) in [4.78, 5) is 0. The summed E-state index contributed by atoms with van der Waals surface area (Å²) in [5.74, 6) is 0. The Labute approximate surface area is 197 Å². The van der Waals surface area contributed by atoms with Gasteiger partial charge in [-0.2, -0.15) is 0 Å². The molecule has 2 saturated carbocycles. The Balaban J connectivity index is 0.000000320. The van der Waals surface area contributed by atoms with Crippen LogP contribution in [-0.4, -0.2) is 64.6 Å². The van der Waals surface area contributed by atoms with Crippen molar-refractivity contribution in [3.63, 3.8) is 0 Å². The number of hydrogen-bond donors (Lipinski definition) is 4. The van der Waals surface area contributed by atoms with Gasteiger partial charge in [-0.3, -0.25) is 0 Å². The molecule has 0 amide bonds. The number of rotatable bonds is 6. The van der Waals surface area contributed by atoms with Crippen LogP contribution < -0.4 is 20.1 Å². The van der Waals surface area contributed by atoms with Gasteiger partial charge in [0, 0.05) is 35.2 Å². The molecule has 0 spiro atoms. The summed E-state index contributed by atoms with van der Waals surface area (Å²) in [6.07, 6.45) is 10.4. The van der Waals surface area contributed by atoms with Crippen LogP contribution in [0.3, 0.4) is 0 Å². The molecule has 8 nitrogen and oxygen atoms in total. The van der Waals surface area contributed by atoms with Crippen molar-refractivity contribution in [3.05, 3.63) is 0 Å². The Kier molecular flexibility index (Phi) is 11.1. The SMILES string of the molecule is CC(C)(C)NC1CCC(NS(C)(=O)=O)CC1.CC(C)(C)NC1CCC(NS(C)(=O)=O)CC1. The first kappa shape index (κ1) is 29.8. The normalized spacial score (nSPS) is 28.0. The Morgan fingerprint density at radius 1 is 0.500 bits per heavy atom. The number of sulfonamides is 2. The Hall–Kier alpha value is -0.260. The maximum atomic E-state index is 11.1. The molecule has 0 aromatic rings. The van der Waals surface area contributed by atoms with E-state index in [0.29, 0.717) is 12.1 Å². The predicted octanol–water partition coefficient (Wildman–Crippen LogP) is 2.47. The van der Waals surface area contributed by atoms with Crippen molar-refractivity contribution in [1.29, 1.82) is 0 Å². The molecule has 192 valence electrons. The van der Waals surface area contributed by atoms with Gasteiger partial charge in [-0.25, -0.2) is 26.3 Å². The standard InChI is InChI=1S/2C11H24N2O2S/c2*1-11(2,3)12-9-5-7-10(8-6-9)13-16(4,14)15/h2*9-10,12-13H,5-8H2,1-4H3. The first-order valence-electron chi connectivity index (χ1n) is 11.8. The lowest BCUT2D eigenvalue weighted by Crippen LogP contribution is -2.47. The van der Waals surface area contributed by atoms with Crippen LogP contribution in [0.15, 0.2) is 0 Å². The minimum atomic E-state index is -3.05. The zero-order valence-corrected chi connectivity index (χ0v) is 23.0. The van der Waals surface area contributed by atoms with E-state index in [1.165, 1.54) is 12.5 Å². The van der Waals surface area contributed by atoms with Crippen molar-refractivity contribution < 1.29 is 16.8 Å². The van der Waals surface area contributed by atoms with Gasteiger partial charge in [0.25, 0.3) is 0 Å². The van der Waals surface area contributed by atoms with Gasteiger partial charge in [0.1, 0.15) is 0 Å². The molecule has 0 atom stereocenters. The average Bonchev–Trinajstić information content (AvgIpc) is 2.54. The van der Waals surface area contributed by atoms with Gasteiger partial charge >= 0.3 is 0 Å². The van der Waals surface area contributed by atoms with E-state index in [4.69, 9.17) is 0 Å². The third-order valence-electron chi connectivity index (χ3n) is 5.49. The molecule has 0 bridgehead atoms. The maximum absolute atomic E-state index is 11.1. The highest BCUT2D eigenvalue weighted by molar-refractivity contribution is 7.89. The molecule has 4 N–H and O–H groups in total. The zero-order chi connectivity index (χ0) is 24.8. The monoisotopic (exact) mass is 496 g/mol. The Bertz CT molecular complexity index is 689. The lowest BCUT2D eigenvalue weighted by molar-refractivity contribution is 0.273. The summed E-state index contributed by atoms with van der Waals surface area (Å²) >= 11 is 0. The van der Waals surface area contributed by atoms with Crippen LogP contribution in [0.25, 0.3) is 0 Å². The molecule has 0 saturated heterocycles. The van der Waals surface area contributed by atoms with Gasteiger partial charge in [0.05, 0.1) is 12.5 Å². The smallest absolute Gasteiger partial charge is 0.208 e. The number of nitrogens with one attached hydrogen (secondary N) is 4. The van der Waals surface area contributed by atoms with Crippen LogP contribution in [0.5, 0.6) is 0 Å². The lowest BCUT2D eigenvalue weighted by atomic mass is 9.90. The molecule has 2 rings (SSSR count). The molecule has 0 aliphatic heterocycles. The molecule has 2 aliphatic rings. The highest BCUT2D eigenvalue weighted by Gasteiger charge is 2.26. The molecule has 2 fully saturated rings. The largest absolute Gasteiger partial charge is 0.309 e. The third-order valence-corrected chi connectivity index (χ3v) is 7.01. The van der Waals surface area contributed by atoms with E-state index >= 15 is 0 Å². The van der Waals surface area contributed by atoms with E-state index in [0.717, 1.165) is 51.4 Å². The lowest BCUT2D eigenvalue weighted by Gasteiger charge is -2.34. The third kappa shape index (κ3) is 15.6. The van der Waals surface area contributed by atoms with Crippen LogP contribution in [0.2, 0.25) is 0 Å². The summed E-state index contributed by atoms with van der Waals surface area (Å²) < 4.78 is 49.7. The number of hydrogen-bond acceptors (Lipinski definition) is 6. The van der Waals surface area contributed by atoms with Gasteiger partial charge in [-0.05, 0) is 92.9 Å². The Morgan fingerprint density at radius 3 is 0.906 bits per heavy atom. The molecule has 32 heavy (non-hydrogen) atoms.